The Balaban J connectivity index is 1.99. The minimum atomic E-state index is -0.997. The van der Waals surface area contributed by atoms with Crippen LogP contribution in [-0.2, 0) is 51.0 Å². The van der Waals surface area contributed by atoms with Crippen LogP contribution >= 0.6 is 0 Å². The summed E-state index contributed by atoms with van der Waals surface area (Å²) in [5.74, 6) is -2.75. The number of carbonyl (C=O) groups is 5. The number of aromatic carboxylic acids is 1. The van der Waals surface area contributed by atoms with E-state index >= 15 is 0 Å². The number of esters is 3. The van der Waals surface area contributed by atoms with Crippen LogP contribution in [0.2, 0.25) is 0 Å². The van der Waals surface area contributed by atoms with Crippen LogP contribution in [0.25, 0.3) is 0 Å². The highest BCUT2D eigenvalue weighted by Crippen LogP contribution is 2.18. The Morgan fingerprint density at radius 1 is 0.667 bits per heavy atom. The third kappa shape index (κ3) is 16.5. The van der Waals surface area contributed by atoms with Crippen molar-refractivity contribution in [1.82, 2.24) is 0 Å². The monoisotopic (exact) mass is 666 g/mol. The van der Waals surface area contributed by atoms with Crippen LogP contribution in [0.3, 0.4) is 0 Å². The van der Waals surface area contributed by atoms with Gasteiger partial charge in [0.1, 0.15) is 24.1 Å². The van der Waals surface area contributed by atoms with E-state index in [1.807, 2.05) is 49.4 Å². The van der Waals surface area contributed by atoms with Crippen LogP contribution in [0.4, 0.5) is 0 Å². The number of methoxy groups -OCH3 is 1. The summed E-state index contributed by atoms with van der Waals surface area (Å²) in [5.41, 5.74) is 2.14. The third-order valence-corrected chi connectivity index (χ3v) is 7.74. The maximum absolute atomic E-state index is 13.1. The van der Waals surface area contributed by atoms with Gasteiger partial charge in [0.2, 0.25) is 0 Å². The molecule has 0 aliphatic rings. The van der Waals surface area contributed by atoms with E-state index in [2.05, 4.69) is 0 Å². The Kier molecular flexibility index (Phi) is 18.5. The minimum Gasteiger partial charge on any atom is -0.478 e. The Labute approximate surface area is 283 Å². The molecule has 0 aliphatic heterocycles. The lowest BCUT2D eigenvalue weighted by Gasteiger charge is -2.22. The van der Waals surface area contributed by atoms with Gasteiger partial charge in [-0.1, -0.05) is 68.5 Å². The molecule has 0 fully saturated rings. The molecule has 0 saturated carbocycles. The van der Waals surface area contributed by atoms with Gasteiger partial charge in [0, 0.05) is 20.0 Å². The van der Waals surface area contributed by atoms with Crippen molar-refractivity contribution in [3.05, 3.63) is 83.4 Å². The highest BCUT2D eigenvalue weighted by atomic mass is 16.6. The number of carboxylic acid groups (broad SMARTS) is 1. The van der Waals surface area contributed by atoms with Crippen LogP contribution in [0.15, 0.2) is 66.7 Å². The van der Waals surface area contributed by atoms with Crippen molar-refractivity contribution in [2.45, 2.75) is 116 Å². The fraction of sp³-hybridized carbons (Fsp3) is 0.500. The quantitative estimate of drug-likeness (QED) is 0.0781. The molecule has 10 nitrogen and oxygen atoms in total. The summed E-state index contributed by atoms with van der Waals surface area (Å²) in [7, 11) is 1.51. The molecule has 0 radical (unpaired) electrons. The second-order valence-corrected chi connectivity index (χ2v) is 11.8. The summed E-state index contributed by atoms with van der Waals surface area (Å²) in [6, 6.07) is 16.2. The zero-order valence-electron chi connectivity index (χ0n) is 28.6. The third-order valence-electron chi connectivity index (χ3n) is 7.74. The average molecular weight is 667 g/mol. The highest BCUT2D eigenvalue weighted by Gasteiger charge is 2.26. The summed E-state index contributed by atoms with van der Waals surface area (Å²) in [5, 5.41) is 9.10. The molecule has 10 heteroatoms. The number of hydrogen-bond donors (Lipinski definition) is 1. The number of hydrogen-bond acceptors (Lipinski definition) is 9. The zero-order chi connectivity index (χ0) is 35.3. The molecule has 4 unspecified atom stereocenters. The molecule has 2 aromatic carbocycles. The predicted octanol–water partition coefficient (Wildman–Crippen LogP) is 6.62. The fourth-order valence-corrected chi connectivity index (χ4v) is 5.06. The first-order chi connectivity index (χ1) is 23.0. The topological polar surface area (TPSA) is 142 Å². The van der Waals surface area contributed by atoms with E-state index in [-0.39, 0.29) is 37.0 Å². The van der Waals surface area contributed by atoms with Crippen LogP contribution in [0.1, 0.15) is 100 Å². The number of carbonyl (C=O) groups excluding carboxylic acids is 4. The molecule has 0 heterocycles. The van der Waals surface area contributed by atoms with Gasteiger partial charge >= 0.3 is 23.9 Å². The molecule has 262 valence electrons. The molecule has 2 rings (SSSR count). The number of ether oxygens (including phenoxy) is 4. The first-order valence-electron chi connectivity index (χ1n) is 16.6. The van der Waals surface area contributed by atoms with Crippen molar-refractivity contribution in [3.8, 4) is 0 Å². The maximum atomic E-state index is 13.1. The minimum absolute atomic E-state index is 0.0289. The van der Waals surface area contributed by atoms with Gasteiger partial charge in [-0.2, -0.15) is 0 Å². The Bertz CT molecular complexity index is 1320. The largest absolute Gasteiger partial charge is 0.478 e. The Morgan fingerprint density at radius 2 is 1.19 bits per heavy atom. The van der Waals surface area contributed by atoms with E-state index in [1.165, 1.54) is 26.2 Å². The second kappa shape index (κ2) is 22.3. The number of aryl methyl sites for hydroxylation is 2. The van der Waals surface area contributed by atoms with E-state index in [0.29, 0.717) is 38.5 Å². The van der Waals surface area contributed by atoms with Gasteiger partial charge in [0.15, 0.2) is 0 Å². The maximum Gasteiger partial charge on any atom is 0.335 e. The van der Waals surface area contributed by atoms with Gasteiger partial charge < -0.3 is 24.1 Å². The molecule has 48 heavy (non-hydrogen) atoms. The summed E-state index contributed by atoms with van der Waals surface area (Å²) < 4.78 is 22.5. The number of ketones is 1. The lowest BCUT2D eigenvalue weighted by molar-refractivity contribution is -0.162. The summed E-state index contributed by atoms with van der Waals surface area (Å²) in [6.45, 7) is 5.23. The van der Waals surface area contributed by atoms with Gasteiger partial charge in [-0.25, -0.2) is 4.79 Å². The SMILES string of the molecule is CCC=CCC(CC(C)=O)OC(=O)CC(CC)OC(=O)CC(CCc1ccccc1)OC(=O)CC(CCc1ccc(C(=O)O)cc1)OC. The van der Waals surface area contributed by atoms with Gasteiger partial charge in [-0.3, -0.25) is 19.2 Å². The zero-order valence-corrected chi connectivity index (χ0v) is 28.6. The average Bonchev–Trinajstić information content (AvgIpc) is 3.05. The van der Waals surface area contributed by atoms with Crippen LogP contribution in [0, 0.1) is 0 Å². The summed E-state index contributed by atoms with van der Waals surface area (Å²) in [4.78, 5) is 61.6. The van der Waals surface area contributed by atoms with Crippen molar-refractivity contribution < 1.29 is 48.0 Å². The molecule has 0 amide bonds. The molecule has 1 N–H and O–H groups in total. The lowest BCUT2D eigenvalue weighted by Crippen LogP contribution is -2.29. The van der Waals surface area contributed by atoms with Crippen LogP contribution in [0.5, 0.6) is 0 Å². The van der Waals surface area contributed by atoms with E-state index in [1.54, 1.807) is 19.1 Å². The lowest BCUT2D eigenvalue weighted by atomic mass is 10.0. The smallest absolute Gasteiger partial charge is 0.335 e. The number of benzene rings is 2. The summed E-state index contributed by atoms with van der Waals surface area (Å²) >= 11 is 0. The van der Waals surface area contributed by atoms with Gasteiger partial charge in [0.25, 0.3) is 0 Å². The molecule has 0 aliphatic carbocycles. The standard InChI is InChI=1S/C38H50O10/c1-5-7-9-14-33(23-27(3)39)47-35(40)24-31(6-2)46-37(42)26-34(22-18-28-12-10-8-11-13-28)48-36(41)25-32(45-4)21-17-29-15-19-30(20-16-29)38(43)44/h7-13,15-16,19-20,31-34H,5-6,14,17-18,21-26H2,1-4H3,(H,43,44). The molecular formula is C38H50O10. The van der Waals surface area contributed by atoms with E-state index in [9.17, 15) is 24.0 Å². The first-order valence-corrected chi connectivity index (χ1v) is 16.6. The Morgan fingerprint density at radius 3 is 1.73 bits per heavy atom. The van der Waals surface area contributed by atoms with Crippen molar-refractivity contribution in [2.75, 3.05) is 7.11 Å². The van der Waals surface area contributed by atoms with Crippen molar-refractivity contribution >= 4 is 29.7 Å². The highest BCUT2D eigenvalue weighted by molar-refractivity contribution is 5.87. The molecule has 0 saturated heterocycles. The number of rotatable bonds is 23. The summed E-state index contributed by atoms with van der Waals surface area (Å²) in [6.07, 6.45) is 4.69. The number of Topliss-reactive ketones (excluding diaryl/α,β-unsaturated/α-hetero) is 1. The van der Waals surface area contributed by atoms with E-state index in [0.717, 1.165) is 17.5 Å². The molecule has 0 aromatic heterocycles. The van der Waals surface area contributed by atoms with Crippen LogP contribution < -0.4 is 0 Å². The van der Waals surface area contributed by atoms with Crippen LogP contribution in [-0.4, -0.2) is 66.3 Å². The predicted molar refractivity (Wildman–Crippen MR) is 180 cm³/mol. The fourth-order valence-electron chi connectivity index (χ4n) is 5.06. The van der Waals surface area contributed by atoms with Gasteiger partial charge in [-0.05, 0) is 68.7 Å². The van der Waals surface area contributed by atoms with Crippen molar-refractivity contribution in [3.63, 3.8) is 0 Å². The van der Waals surface area contributed by atoms with E-state index < -0.39 is 48.3 Å². The number of allylic oxidation sites excluding steroid dienone is 1. The Hall–Kier alpha value is -4.31. The first kappa shape index (κ1) is 39.9. The second-order valence-electron chi connectivity index (χ2n) is 11.8. The number of carboxylic acids is 1. The molecule has 0 bridgehead atoms. The van der Waals surface area contributed by atoms with Gasteiger partial charge in [0.05, 0.1) is 30.9 Å². The molecule has 4 atom stereocenters. The molecule has 0 spiro atoms. The van der Waals surface area contributed by atoms with E-state index in [4.69, 9.17) is 24.1 Å². The van der Waals surface area contributed by atoms with Gasteiger partial charge in [-0.15, -0.1) is 0 Å². The molecule has 2 aromatic rings. The van der Waals surface area contributed by atoms with Crippen molar-refractivity contribution in [1.29, 1.82) is 0 Å². The normalized spacial score (nSPS) is 13.7. The molecular weight excluding hydrogens is 616 g/mol. The van der Waals surface area contributed by atoms with Crippen molar-refractivity contribution in [2.24, 2.45) is 0 Å².